The standard InChI is InChI=1S/C13H16O6/c1-16-10-6-5-8(9(14)7-11(15)17-2)12(18-3)13(10)19-4/h5-6H,7H2,1-4H3. The van der Waals surface area contributed by atoms with E-state index in [0.717, 1.165) is 0 Å². The number of ketones is 1. The number of methoxy groups -OCH3 is 4. The van der Waals surface area contributed by atoms with Crippen LogP contribution in [0.5, 0.6) is 17.2 Å². The molecule has 0 aliphatic heterocycles. The Bertz CT molecular complexity index is 480. The minimum absolute atomic E-state index is 0.232. The Morgan fingerprint density at radius 3 is 2.05 bits per heavy atom. The maximum atomic E-state index is 12.0. The number of Topliss-reactive ketones (excluding diaryl/α,β-unsaturated/α-hetero) is 1. The van der Waals surface area contributed by atoms with Crippen LogP contribution < -0.4 is 14.2 Å². The fourth-order valence-electron chi connectivity index (χ4n) is 1.62. The number of hydrogen-bond donors (Lipinski definition) is 0. The average Bonchev–Trinajstić information content (AvgIpc) is 2.44. The molecule has 0 aliphatic rings. The van der Waals surface area contributed by atoms with Gasteiger partial charge in [-0.1, -0.05) is 0 Å². The summed E-state index contributed by atoms with van der Waals surface area (Å²) < 4.78 is 19.9. The first-order chi connectivity index (χ1) is 9.08. The van der Waals surface area contributed by atoms with E-state index in [2.05, 4.69) is 4.74 Å². The Kier molecular flexibility index (Phi) is 5.17. The van der Waals surface area contributed by atoms with Crippen molar-refractivity contribution in [3.63, 3.8) is 0 Å². The molecule has 0 saturated carbocycles. The average molecular weight is 268 g/mol. The molecule has 0 bridgehead atoms. The Morgan fingerprint density at radius 1 is 0.947 bits per heavy atom. The molecule has 0 N–H and O–H groups in total. The summed E-state index contributed by atoms with van der Waals surface area (Å²) >= 11 is 0. The van der Waals surface area contributed by atoms with Gasteiger partial charge in [0.1, 0.15) is 6.42 Å². The van der Waals surface area contributed by atoms with Crippen molar-refractivity contribution in [1.29, 1.82) is 0 Å². The van der Waals surface area contributed by atoms with Crippen LogP contribution in [0.3, 0.4) is 0 Å². The number of rotatable bonds is 6. The molecule has 0 radical (unpaired) electrons. The summed E-state index contributed by atoms with van der Waals surface area (Å²) in [5.41, 5.74) is 0.241. The Morgan fingerprint density at radius 2 is 1.58 bits per heavy atom. The predicted molar refractivity (Wildman–Crippen MR) is 67.1 cm³/mol. The first kappa shape index (κ1) is 14.8. The van der Waals surface area contributed by atoms with E-state index in [-0.39, 0.29) is 17.7 Å². The fourth-order valence-corrected chi connectivity index (χ4v) is 1.62. The predicted octanol–water partition coefficient (Wildman–Crippen LogP) is 1.46. The normalized spacial score (nSPS) is 9.68. The minimum Gasteiger partial charge on any atom is -0.493 e. The molecule has 0 unspecified atom stereocenters. The van der Waals surface area contributed by atoms with Gasteiger partial charge in [-0.3, -0.25) is 9.59 Å². The molecule has 0 saturated heterocycles. The summed E-state index contributed by atoms with van der Waals surface area (Å²) in [6.45, 7) is 0. The molecule has 1 aromatic rings. The number of benzene rings is 1. The molecule has 0 atom stereocenters. The van der Waals surface area contributed by atoms with Gasteiger partial charge in [0.15, 0.2) is 17.3 Å². The largest absolute Gasteiger partial charge is 0.493 e. The van der Waals surface area contributed by atoms with Crippen molar-refractivity contribution in [2.24, 2.45) is 0 Å². The lowest BCUT2D eigenvalue weighted by Gasteiger charge is -2.14. The highest BCUT2D eigenvalue weighted by Crippen LogP contribution is 2.40. The van der Waals surface area contributed by atoms with Crippen molar-refractivity contribution in [2.45, 2.75) is 6.42 Å². The monoisotopic (exact) mass is 268 g/mol. The zero-order chi connectivity index (χ0) is 14.4. The van der Waals surface area contributed by atoms with Crippen molar-refractivity contribution in [1.82, 2.24) is 0 Å². The SMILES string of the molecule is COC(=O)CC(=O)c1ccc(OC)c(OC)c1OC. The van der Waals surface area contributed by atoms with E-state index in [9.17, 15) is 9.59 Å². The quantitative estimate of drug-likeness (QED) is 0.442. The number of carbonyl (C=O) groups excluding carboxylic acids is 2. The number of ether oxygens (including phenoxy) is 4. The highest BCUT2D eigenvalue weighted by atomic mass is 16.5. The van der Waals surface area contributed by atoms with Gasteiger partial charge in [-0.2, -0.15) is 0 Å². The van der Waals surface area contributed by atoms with Crippen LogP contribution in [0.25, 0.3) is 0 Å². The molecular weight excluding hydrogens is 252 g/mol. The third-order valence-corrected chi connectivity index (χ3v) is 2.54. The molecule has 6 heteroatoms. The zero-order valence-corrected chi connectivity index (χ0v) is 11.3. The van der Waals surface area contributed by atoms with Crippen LogP contribution in [0.4, 0.5) is 0 Å². The second-order valence-corrected chi connectivity index (χ2v) is 3.56. The van der Waals surface area contributed by atoms with Crippen LogP contribution in [-0.4, -0.2) is 40.2 Å². The van der Waals surface area contributed by atoms with E-state index in [1.54, 1.807) is 6.07 Å². The van der Waals surface area contributed by atoms with Crippen molar-refractivity contribution in [3.8, 4) is 17.2 Å². The van der Waals surface area contributed by atoms with Crippen LogP contribution in [0.2, 0.25) is 0 Å². The van der Waals surface area contributed by atoms with Crippen molar-refractivity contribution in [3.05, 3.63) is 17.7 Å². The molecule has 0 fully saturated rings. The van der Waals surface area contributed by atoms with Crippen molar-refractivity contribution >= 4 is 11.8 Å². The summed E-state index contributed by atoms with van der Waals surface area (Å²) in [6.07, 6.45) is -0.359. The molecule has 1 rings (SSSR count). The molecule has 0 aliphatic carbocycles. The highest BCUT2D eigenvalue weighted by Gasteiger charge is 2.22. The molecule has 0 aromatic heterocycles. The summed E-state index contributed by atoms with van der Waals surface area (Å²) in [7, 11) is 5.55. The topological polar surface area (TPSA) is 71.1 Å². The Hall–Kier alpha value is -2.24. The second-order valence-electron chi connectivity index (χ2n) is 3.56. The van der Waals surface area contributed by atoms with Gasteiger partial charge >= 0.3 is 5.97 Å². The molecule has 1 aromatic carbocycles. The van der Waals surface area contributed by atoms with Crippen LogP contribution in [0, 0.1) is 0 Å². The lowest BCUT2D eigenvalue weighted by molar-refractivity contribution is -0.139. The van der Waals surface area contributed by atoms with Crippen LogP contribution >= 0.6 is 0 Å². The third kappa shape index (κ3) is 3.15. The first-order valence-electron chi connectivity index (χ1n) is 5.48. The van der Waals surface area contributed by atoms with Gasteiger partial charge in [0, 0.05) is 0 Å². The maximum Gasteiger partial charge on any atom is 0.313 e. The van der Waals surface area contributed by atoms with Crippen molar-refractivity contribution in [2.75, 3.05) is 28.4 Å². The summed E-state index contributed by atoms with van der Waals surface area (Å²) in [5.74, 6) is -0.0445. The summed E-state index contributed by atoms with van der Waals surface area (Å²) in [5, 5.41) is 0. The fraction of sp³-hybridized carbons (Fsp3) is 0.385. The molecule has 0 heterocycles. The van der Waals surface area contributed by atoms with E-state index < -0.39 is 11.8 Å². The molecule has 19 heavy (non-hydrogen) atoms. The van der Waals surface area contributed by atoms with Gasteiger partial charge in [-0.25, -0.2) is 0 Å². The smallest absolute Gasteiger partial charge is 0.313 e. The first-order valence-corrected chi connectivity index (χ1v) is 5.48. The Balaban J connectivity index is 3.21. The van der Waals surface area contributed by atoms with Crippen LogP contribution in [0.1, 0.15) is 16.8 Å². The molecule has 6 nitrogen and oxygen atoms in total. The van der Waals surface area contributed by atoms with E-state index >= 15 is 0 Å². The summed E-state index contributed by atoms with van der Waals surface area (Å²) in [6, 6.07) is 3.09. The summed E-state index contributed by atoms with van der Waals surface area (Å²) in [4.78, 5) is 23.1. The number of hydrogen-bond acceptors (Lipinski definition) is 6. The highest BCUT2D eigenvalue weighted by molar-refractivity contribution is 6.08. The minimum atomic E-state index is -0.609. The van der Waals surface area contributed by atoms with Gasteiger partial charge in [0.05, 0.1) is 34.0 Å². The van der Waals surface area contributed by atoms with E-state index in [1.165, 1.54) is 34.5 Å². The van der Waals surface area contributed by atoms with Gasteiger partial charge < -0.3 is 18.9 Å². The van der Waals surface area contributed by atoms with E-state index in [0.29, 0.717) is 11.5 Å². The van der Waals surface area contributed by atoms with Gasteiger partial charge in [-0.05, 0) is 12.1 Å². The third-order valence-electron chi connectivity index (χ3n) is 2.54. The molecule has 104 valence electrons. The van der Waals surface area contributed by atoms with E-state index in [1.807, 2.05) is 0 Å². The zero-order valence-electron chi connectivity index (χ0n) is 11.3. The van der Waals surface area contributed by atoms with Gasteiger partial charge in [-0.15, -0.1) is 0 Å². The maximum absolute atomic E-state index is 12.0. The lowest BCUT2D eigenvalue weighted by Crippen LogP contribution is -2.11. The number of carbonyl (C=O) groups is 2. The van der Waals surface area contributed by atoms with Gasteiger partial charge in [0.25, 0.3) is 0 Å². The number of esters is 1. The molecular formula is C13H16O6. The van der Waals surface area contributed by atoms with Crippen LogP contribution in [0.15, 0.2) is 12.1 Å². The van der Waals surface area contributed by atoms with Crippen LogP contribution in [-0.2, 0) is 9.53 Å². The van der Waals surface area contributed by atoms with Crippen molar-refractivity contribution < 1.29 is 28.5 Å². The van der Waals surface area contributed by atoms with E-state index in [4.69, 9.17) is 14.2 Å². The van der Waals surface area contributed by atoms with Gasteiger partial charge in [0.2, 0.25) is 5.75 Å². The molecule has 0 amide bonds. The Labute approximate surface area is 111 Å². The second kappa shape index (κ2) is 6.63. The molecule has 0 spiro atoms. The lowest BCUT2D eigenvalue weighted by atomic mass is 10.1.